The molecule has 10 nitrogen and oxygen atoms in total. The summed E-state index contributed by atoms with van der Waals surface area (Å²) in [5.41, 5.74) is 1.10. The summed E-state index contributed by atoms with van der Waals surface area (Å²) in [6.45, 7) is 0.240. The van der Waals surface area contributed by atoms with E-state index in [4.69, 9.17) is 4.74 Å². The maximum atomic E-state index is 13.9. The predicted molar refractivity (Wildman–Crippen MR) is 150 cm³/mol. The molecule has 6 rings (SSSR count). The molecule has 10 heteroatoms. The summed E-state index contributed by atoms with van der Waals surface area (Å²) < 4.78 is 6.08. The number of benzene rings is 2. The van der Waals surface area contributed by atoms with Gasteiger partial charge in [0, 0.05) is 29.9 Å². The van der Waals surface area contributed by atoms with Crippen LogP contribution < -0.4 is 15.4 Å². The van der Waals surface area contributed by atoms with Crippen LogP contribution in [0.1, 0.15) is 42.6 Å². The Labute approximate surface area is 237 Å². The number of ether oxygens (including phenoxy) is 1. The van der Waals surface area contributed by atoms with Gasteiger partial charge in [-0.2, -0.15) is 0 Å². The number of carbonyl (C=O) groups is 4. The van der Waals surface area contributed by atoms with Gasteiger partial charge >= 0.3 is 0 Å². The number of aromatic amines is 1. The highest BCUT2D eigenvalue weighted by Crippen LogP contribution is 2.43. The fourth-order valence-corrected chi connectivity index (χ4v) is 6.74. The van der Waals surface area contributed by atoms with Gasteiger partial charge in [-0.25, -0.2) is 0 Å². The molecule has 1 aromatic heterocycles. The molecule has 5 atom stereocenters. The number of hydrogen-bond donors (Lipinski definition) is 4. The summed E-state index contributed by atoms with van der Waals surface area (Å²) >= 11 is 0. The Morgan fingerprint density at radius 2 is 1.90 bits per heavy atom. The quantitative estimate of drug-likeness (QED) is 0.318. The summed E-state index contributed by atoms with van der Waals surface area (Å²) in [6, 6.07) is 15.0. The smallest absolute Gasteiger partial charge is 0.271 e. The van der Waals surface area contributed by atoms with E-state index in [0.717, 1.165) is 30.2 Å². The molecule has 5 unspecified atom stereocenters. The van der Waals surface area contributed by atoms with Gasteiger partial charge in [0.25, 0.3) is 5.91 Å². The number of H-pyrrole nitrogens is 1. The van der Waals surface area contributed by atoms with Crippen LogP contribution in [0.2, 0.25) is 0 Å². The molecule has 3 aromatic rings. The van der Waals surface area contributed by atoms with E-state index in [-0.39, 0.29) is 30.1 Å². The monoisotopic (exact) mass is 558 g/mol. The second kappa shape index (κ2) is 11.4. The lowest BCUT2D eigenvalue weighted by atomic mass is 9.92. The number of likely N-dealkylation sites (tertiary alicyclic amines) is 1. The van der Waals surface area contributed by atoms with Crippen LogP contribution in [0.3, 0.4) is 0 Å². The first-order chi connectivity index (χ1) is 19.9. The maximum absolute atomic E-state index is 13.9. The molecule has 2 aliphatic heterocycles. The zero-order valence-electron chi connectivity index (χ0n) is 22.7. The highest BCUT2D eigenvalue weighted by molar-refractivity contribution is 6.02. The van der Waals surface area contributed by atoms with Gasteiger partial charge < -0.3 is 30.4 Å². The van der Waals surface area contributed by atoms with E-state index in [1.165, 1.54) is 0 Å². The molecule has 214 valence electrons. The number of nitrogens with one attached hydrogen (secondary N) is 3. The van der Waals surface area contributed by atoms with Crippen molar-refractivity contribution in [3.63, 3.8) is 0 Å². The predicted octanol–water partition coefficient (Wildman–Crippen LogP) is 2.77. The zero-order valence-corrected chi connectivity index (χ0v) is 22.7. The number of aliphatic hydroxyl groups is 1. The largest absolute Gasteiger partial charge is 0.457 e. The van der Waals surface area contributed by atoms with Crippen molar-refractivity contribution < 1.29 is 29.0 Å². The van der Waals surface area contributed by atoms with E-state index >= 15 is 0 Å². The molecule has 3 fully saturated rings. The van der Waals surface area contributed by atoms with E-state index in [9.17, 15) is 24.3 Å². The summed E-state index contributed by atoms with van der Waals surface area (Å²) in [7, 11) is 0. The minimum Gasteiger partial charge on any atom is -0.457 e. The Hall–Kier alpha value is -4.18. The average Bonchev–Trinajstić information content (AvgIpc) is 3.77. The Morgan fingerprint density at radius 1 is 1.07 bits per heavy atom. The third-order valence-electron chi connectivity index (χ3n) is 8.79. The number of fused-ring (bicyclic) bond motifs is 2. The lowest BCUT2D eigenvalue weighted by Crippen LogP contribution is -2.53. The average molecular weight is 559 g/mol. The molecule has 2 saturated heterocycles. The molecule has 0 radical (unpaired) electrons. The zero-order chi connectivity index (χ0) is 28.5. The SMILES string of the molecule is O=C1NCCC1CC(NC(=O)C1C2CCCC2CN1C(=O)c1cc2c(Oc3ccccc3)cccc2[nH]1)C(=O)CO. The van der Waals surface area contributed by atoms with E-state index < -0.39 is 36.3 Å². The van der Waals surface area contributed by atoms with Gasteiger partial charge in [0.1, 0.15) is 29.8 Å². The van der Waals surface area contributed by atoms with E-state index in [1.807, 2.05) is 48.5 Å². The Bertz CT molecular complexity index is 1470. The van der Waals surface area contributed by atoms with Crippen LogP contribution in [-0.4, -0.2) is 70.3 Å². The van der Waals surface area contributed by atoms with Crippen molar-refractivity contribution in [3.05, 3.63) is 60.3 Å². The van der Waals surface area contributed by atoms with Gasteiger partial charge in [0.05, 0.1) is 6.04 Å². The molecule has 3 aliphatic rings. The molecular weight excluding hydrogens is 524 g/mol. The molecule has 0 bridgehead atoms. The van der Waals surface area contributed by atoms with Gasteiger partial charge in [-0.1, -0.05) is 30.7 Å². The molecule has 3 heterocycles. The summed E-state index contributed by atoms with van der Waals surface area (Å²) in [4.78, 5) is 57.3. The van der Waals surface area contributed by atoms with Crippen molar-refractivity contribution in [2.24, 2.45) is 17.8 Å². The minimum absolute atomic E-state index is 0.0139. The van der Waals surface area contributed by atoms with E-state index in [2.05, 4.69) is 15.6 Å². The fourth-order valence-electron chi connectivity index (χ4n) is 6.74. The number of hydrogen-bond acceptors (Lipinski definition) is 6. The first-order valence-electron chi connectivity index (χ1n) is 14.3. The number of Topliss-reactive ketones (excluding diaryl/α,β-unsaturated/α-hetero) is 1. The standard InChI is InChI=1S/C31H34N4O6/c36-17-26(37)24(14-18-12-13-32-29(18)38)34-30(39)28-21-9-4-6-19(21)16-35(28)31(40)25-15-22-23(33-25)10-5-11-27(22)41-20-7-2-1-3-8-20/h1-3,5,7-8,10-11,15,18-19,21,24,28,33,36H,4,6,9,12-14,16-17H2,(H,32,38)(H,34,39). The molecule has 2 aromatic carbocycles. The molecule has 0 spiro atoms. The minimum atomic E-state index is -0.996. The van der Waals surface area contributed by atoms with Crippen molar-refractivity contribution in [2.45, 2.75) is 44.2 Å². The van der Waals surface area contributed by atoms with Crippen molar-refractivity contribution >= 4 is 34.4 Å². The highest BCUT2D eigenvalue weighted by Gasteiger charge is 2.50. The number of carbonyl (C=O) groups excluding carboxylic acids is 4. The van der Waals surface area contributed by atoms with Gasteiger partial charge in [-0.05, 0) is 67.9 Å². The van der Waals surface area contributed by atoms with Crippen LogP contribution in [-0.2, 0) is 14.4 Å². The van der Waals surface area contributed by atoms with Crippen molar-refractivity contribution in [1.29, 1.82) is 0 Å². The third kappa shape index (κ3) is 5.31. The van der Waals surface area contributed by atoms with Crippen LogP contribution in [0.5, 0.6) is 11.5 Å². The molecule has 1 aliphatic carbocycles. The third-order valence-corrected chi connectivity index (χ3v) is 8.79. The number of aliphatic hydroxyl groups excluding tert-OH is 1. The van der Waals surface area contributed by atoms with Gasteiger partial charge in [-0.15, -0.1) is 0 Å². The second-order valence-electron chi connectivity index (χ2n) is 11.3. The van der Waals surface area contributed by atoms with Gasteiger partial charge in [0.15, 0.2) is 5.78 Å². The van der Waals surface area contributed by atoms with Gasteiger partial charge in [-0.3, -0.25) is 19.2 Å². The van der Waals surface area contributed by atoms with Crippen LogP contribution in [0.25, 0.3) is 10.9 Å². The van der Waals surface area contributed by atoms with E-state index in [0.29, 0.717) is 36.7 Å². The van der Waals surface area contributed by atoms with Crippen LogP contribution >= 0.6 is 0 Å². The normalized spacial score (nSPS) is 24.2. The summed E-state index contributed by atoms with van der Waals surface area (Å²) in [5.74, 6) is -0.336. The molecule has 1 saturated carbocycles. The number of amides is 3. The van der Waals surface area contributed by atoms with Crippen molar-refractivity contribution in [3.8, 4) is 11.5 Å². The van der Waals surface area contributed by atoms with Crippen LogP contribution in [0, 0.1) is 17.8 Å². The Balaban J connectivity index is 1.25. The van der Waals surface area contributed by atoms with Crippen molar-refractivity contribution in [2.75, 3.05) is 19.7 Å². The first kappa shape index (κ1) is 27.0. The van der Waals surface area contributed by atoms with Crippen molar-refractivity contribution in [1.82, 2.24) is 20.5 Å². The second-order valence-corrected chi connectivity index (χ2v) is 11.3. The lowest BCUT2D eigenvalue weighted by Gasteiger charge is -2.29. The number of aromatic nitrogens is 1. The Kier molecular flexibility index (Phi) is 7.49. The fraction of sp³-hybridized carbons (Fsp3) is 0.419. The summed E-state index contributed by atoms with van der Waals surface area (Å²) in [6.07, 6.45) is 3.42. The van der Waals surface area contributed by atoms with Crippen LogP contribution in [0.4, 0.5) is 0 Å². The Morgan fingerprint density at radius 3 is 2.66 bits per heavy atom. The van der Waals surface area contributed by atoms with Crippen LogP contribution in [0.15, 0.2) is 54.6 Å². The highest BCUT2D eigenvalue weighted by atomic mass is 16.5. The number of nitrogens with zero attached hydrogens (tertiary/aromatic N) is 1. The first-order valence-corrected chi connectivity index (χ1v) is 14.3. The van der Waals surface area contributed by atoms with E-state index in [1.54, 1.807) is 11.0 Å². The number of rotatable bonds is 9. The van der Waals surface area contributed by atoms with Gasteiger partial charge in [0.2, 0.25) is 11.8 Å². The molecule has 4 N–H and O–H groups in total. The summed E-state index contributed by atoms with van der Waals surface area (Å²) in [5, 5.41) is 15.9. The molecule has 3 amide bonds. The lowest BCUT2D eigenvalue weighted by molar-refractivity contribution is -0.133. The number of ketones is 1. The molecular formula is C31H34N4O6. The maximum Gasteiger partial charge on any atom is 0.271 e. The number of para-hydroxylation sites is 1. The topological polar surface area (TPSA) is 141 Å². The molecule has 41 heavy (non-hydrogen) atoms.